The van der Waals surface area contributed by atoms with E-state index in [1.807, 2.05) is 30.3 Å². The maximum Gasteiger partial charge on any atom is 0.310 e. The van der Waals surface area contributed by atoms with Crippen LogP contribution in [0.4, 0.5) is 5.69 Å². The fourth-order valence-corrected chi connectivity index (χ4v) is 4.95. The maximum atomic E-state index is 12.7. The molecule has 2 aromatic carbocycles. The first-order chi connectivity index (χ1) is 14.8. The van der Waals surface area contributed by atoms with Gasteiger partial charge in [0.1, 0.15) is 5.92 Å². The molecule has 1 saturated heterocycles. The molecule has 4 atom stereocenters. The largest absolute Gasteiger partial charge is 0.481 e. The molecule has 8 nitrogen and oxygen atoms in total. The summed E-state index contributed by atoms with van der Waals surface area (Å²) in [6, 6.07) is 15.3. The Bertz CT molecular complexity index is 1100. The lowest BCUT2D eigenvalue weighted by atomic mass is 9.82. The highest BCUT2D eigenvalue weighted by Gasteiger charge is 2.53. The number of carboxylic acids is 1. The number of sulfonamides is 1. The van der Waals surface area contributed by atoms with Crippen LogP contribution in [0, 0.1) is 11.8 Å². The van der Waals surface area contributed by atoms with Gasteiger partial charge in [-0.05, 0) is 36.2 Å². The van der Waals surface area contributed by atoms with Gasteiger partial charge in [-0.3, -0.25) is 9.59 Å². The topological polar surface area (TPSA) is 122 Å². The fourth-order valence-electron chi connectivity index (χ4n) is 3.92. The number of carbonyl (C=O) groups excluding carboxylic acids is 1. The number of fused-ring (bicyclic) bond motifs is 2. The molecular formula is C22H22N2O6S. The van der Waals surface area contributed by atoms with Gasteiger partial charge < -0.3 is 15.2 Å². The van der Waals surface area contributed by atoms with Gasteiger partial charge >= 0.3 is 5.97 Å². The molecule has 31 heavy (non-hydrogen) atoms. The van der Waals surface area contributed by atoms with Crippen molar-refractivity contribution in [2.24, 2.45) is 11.8 Å². The SMILES string of the molecule is O=C(O)[C@@H]1[C@@H](C(=O)Nc2ccc(S(=O)(=O)NCCc3ccccc3)cc2)[C@@H]2C=C[C@@H]1O2. The van der Waals surface area contributed by atoms with Crippen LogP contribution in [0.1, 0.15) is 5.56 Å². The zero-order valence-corrected chi connectivity index (χ0v) is 17.3. The van der Waals surface area contributed by atoms with Crippen molar-refractivity contribution in [2.45, 2.75) is 23.5 Å². The molecule has 9 heteroatoms. The Labute approximate surface area is 180 Å². The standard InChI is InChI=1S/C22H22N2O6S/c25-21(19-17-10-11-18(30-17)20(19)22(26)27)24-15-6-8-16(9-7-15)31(28,29)23-13-12-14-4-2-1-3-5-14/h1-11,17-20,23H,12-13H2,(H,24,25)(H,26,27)/t17-,18-,19-,20-/m0/s1. The monoisotopic (exact) mass is 442 g/mol. The minimum atomic E-state index is -3.69. The van der Waals surface area contributed by atoms with E-state index in [0.717, 1.165) is 5.56 Å². The normalized spacial score (nSPS) is 24.3. The molecule has 2 bridgehead atoms. The van der Waals surface area contributed by atoms with Gasteiger partial charge in [-0.25, -0.2) is 13.1 Å². The summed E-state index contributed by atoms with van der Waals surface area (Å²) >= 11 is 0. The van der Waals surface area contributed by atoms with E-state index >= 15 is 0 Å². The number of anilines is 1. The Kier molecular flexibility index (Phi) is 5.90. The highest BCUT2D eigenvalue weighted by molar-refractivity contribution is 7.89. The molecule has 2 aliphatic heterocycles. The quantitative estimate of drug-likeness (QED) is 0.536. The molecular weight excluding hydrogens is 420 g/mol. The number of aliphatic carboxylic acids is 1. The number of ether oxygens (including phenoxy) is 1. The van der Waals surface area contributed by atoms with Gasteiger partial charge in [0.15, 0.2) is 0 Å². The summed E-state index contributed by atoms with van der Waals surface area (Å²) in [5.74, 6) is -3.33. The predicted molar refractivity (Wildman–Crippen MR) is 113 cm³/mol. The van der Waals surface area contributed by atoms with Gasteiger partial charge in [-0.2, -0.15) is 0 Å². The summed E-state index contributed by atoms with van der Waals surface area (Å²) in [7, 11) is -3.69. The van der Waals surface area contributed by atoms with Crippen LogP contribution in [0.5, 0.6) is 0 Å². The van der Waals surface area contributed by atoms with Crippen molar-refractivity contribution < 1.29 is 27.9 Å². The minimum absolute atomic E-state index is 0.0770. The van der Waals surface area contributed by atoms with Crippen LogP contribution in [0.2, 0.25) is 0 Å². The van der Waals surface area contributed by atoms with Crippen molar-refractivity contribution in [1.29, 1.82) is 0 Å². The summed E-state index contributed by atoms with van der Waals surface area (Å²) < 4.78 is 33.0. The van der Waals surface area contributed by atoms with Gasteiger partial charge in [0.2, 0.25) is 15.9 Å². The Morgan fingerprint density at radius 1 is 0.935 bits per heavy atom. The lowest BCUT2D eigenvalue weighted by Crippen LogP contribution is -2.39. The van der Waals surface area contributed by atoms with E-state index in [1.165, 1.54) is 24.3 Å². The van der Waals surface area contributed by atoms with Gasteiger partial charge in [-0.1, -0.05) is 42.5 Å². The molecule has 1 fully saturated rings. The van der Waals surface area contributed by atoms with Gasteiger partial charge in [0, 0.05) is 12.2 Å². The van der Waals surface area contributed by atoms with Crippen LogP contribution in [-0.2, 0) is 30.8 Å². The second-order valence-corrected chi connectivity index (χ2v) is 9.25. The molecule has 0 spiro atoms. The second kappa shape index (κ2) is 8.62. The molecule has 1 amide bonds. The van der Waals surface area contributed by atoms with E-state index in [2.05, 4.69) is 10.0 Å². The Hall–Kier alpha value is -3.01. The van der Waals surface area contributed by atoms with E-state index in [9.17, 15) is 23.1 Å². The zero-order chi connectivity index (χ0) is 22.0. The number of benzene rings is 2. The number of carbonyl (C=O) groups is 2. The van der Waals surface area contributed by atoms with Gasteiger partial charge in [-0.15, -0.1) is 0 Å². The summed E-state index contributed by atoms with van der Waals surface area (Å²) in [6.45, 7) is 0.263. The van der Waals surface area contributed by atoms with E-state index in [4.69, 9.17) is 4.74 Å². The van der Waals surface area contributed by atoms with Crippen LogP contribution in [0.25, 0.3) is 0 Å². The molecule has 2 heterocycles. The third kappa shape index (κ3) is 4.53. The average Bonchev–Trinajstić information content (AvgIpc) is 3.36. The van der Waals surface area contributed by atoms with E-state index in [0.29, 0.717) is 12.1 Å². The third-order valence-electron chi connectivity index (χ3n) is 5.47. The number of amides is 1. The first-order valence-electron chi connectivity index (χ1n) is 9.86. The summed E-state index contributed by atoms with van der Waals surface area (Å²) in [6.07, 6.45) is 2.76. The third-order valence-corrected chi connectivity index (χ3v) is 6.95. The van der Waals surface area contributed by atoms with E-state index in [-0.39, 0.29) is 11.4 Å². The van der Waals surface area contributed by atoms with Gasteiger partial charge in [0.05, 0.1) is 23.0 Å². The molecule has 2 aliphatic rings. The molecule has 0 unspecified atom stereocenters. The lowest BCUT2D eigenvalue weighted by molar-refractivity contribution is -0.145. The van der Waals surface area contributed by atoms with Crippen LogP contribution in [0.15, 0.2) is 71.6 Å². The van der Waals surface area contributed by atoms with Crippen molar-refractivity contribution in [2.75, 3.05) is 11.9 Å². The zero-order valence-electron chi connectivity index (χ0n) is 16.5. The van der Waals surface area contributed by atoms with E-state index in [1.54, 1.807) is 12.2 Å². The van der Waals surface area contributed by atoms with Crippen LogP contribution >= 0.6 is 0 Å². The molecule has 0 aliphatic carbocycles. The Morgan fingerprint density at radius 3 is 2.23 bits per heavy atom. The molecule has 4 rings (SSSR count). The average molecular weight is 442 g/mol. The van der Waals surface area contributed by atoms with E-state index < -0.39 is 45.9 Å². The van der Waals surface area contributed by atoms with Crippen LogP contribution in [-0.4, -0.2) is 44.2 Å². The maximum absolute atomic E-state index is 12.7. The minimum Gasteiger partial charge on any atom is -0.481 e. The number of hydrogen-bond acceptors (Lipinski definition) is 5. The Balaban J connectivity index is 1.37. The predicted octanol–water partition coefficient (Wildman–Crippen LogP) is 1.80. The fraction of sp³-hybridized carbons (Fsp3) is 0.273. The van der Waals surface area contributed by atoms with Crippen LogP contribution < -0.4 is 10.0 Å². The Morgan fingerprint density at radius 2 is 1.58 bits per heavy atom. The van der Waals surface area contributed by atoms with Crippen molar-refractivity contribution in [3.05, 3.63) is 72.3 Å². The van der Waals surface area contributed by atoms with Gasteiger partial charge in [0.25, 0.3) is 0 Å². The van der Waals surface area contributed by atoms with Crippen molar-refractivity contribution in [3.8, 4) is 0 Å². The molecule has 0 aromatic heterocycles. The van der Waals surface area contributed by atoms with Crippen LogP contribution in [0.3, 0.4) is 0 Å². The van der Waals surface area contributed by atoms with Crippen molar-refractivity contribution in [1.82, 2.24) is 4.72 Å². The lowest BCUT2D eigenvalue weighted by Gasteiger charge is -2.21. The highest BCUT2D eigenvalue weighted by atomic mass is 32.2. The number of carboxylic acid groups (broad SMARTS) is 1. The van der Waals surface area contributed by atoms with Crippen molar-refractivity contribution in [3.63, 3.8) is 0 Å². The smallest absolute Gasteiger partial charge is 0.310 e. The number of nitrogens with one attached hydrogen (secondary N) is 2. The van der Waals surface area contributed by atoms with Crippen molar-refractivity contribution >= 4 is 27.6 Å². The highest BCUT2D eigenvalue weighted by Crippen LogP contribution is 2.39. The summed E-state index contributed by atoms with van der Waals surface area (Å²) in [4.78, 5) is 24.3. The summed E-state index contributed by atoms with van der Waals surface area (Å²) in [5.41, 5.74) is 1.41. The molecule has 3 N–H and O–H groups in total. The number of rotatable bonds is 8. The number of hydrogen-bond donors (Lipinski definition) is 3. The summed E-state index contributed by atoms with van der Waals surface area (Å²) in [5, 5.41) is 12.1. The first-order valence-corrected chi connectivity index (χ1v) is 11.3. The second-order valence-electron chi connectivity index (χ2n) is 7.49. The first kappa shape index (κ1) is 21.2. The molecule has 0 saturated carbocycles. The molecule has 162 valence electrons. The molecule has 0 radical (unpaired) electrons. The molecule has 2 aromatic rings.